The van der Waals surface area contributed by atoms with Gasteiger partial charge in [0.2, 0.25) is 0 Å². The molecular formula is C22H40P2. The zero-order chi connectivity index (χ0) is 17.6. The van der Waals surface area contributed by atoms with Crippen molar-refractivity contribution in [2.24, 2.45) is 0 Å². The first-order chi connectivity index (χ1) is 11.7. The number of unbranched alkanes of at least 4 members (excludes halogenated alkanes) is 8. The average molecular weight is 367 g/mol. The summed E-state index contributed by atoms with van der Waals surface area (Å²) in [5.74, 6) is 0. The summed E-state index contributed by atoms with van der Waals surface area (Å²) in [6.45, 7) is 9.63. The molecule has 0 aliphatic rings. The third-order valence-electron chi connectivity index (χ3n) is 4.90. The lowest BCUT2D eigenvalue weighted by Gasteiger charge is -2.21. The van der Waals surface area contributed by atoms with Crippen molar-refractivity contribution in [1.29, 1.82) is 0 Å². The fourth-order valence-corrected chi connectivity index (χ4v) is 7.77. The minimum atomic E-state index is 0.0421. The molecule has 0 aliphatic carbocycles. The van der Waals surface area contributed by atoms with Crippen LogP contribution in [-0.4, -0.2) is 25.7 Å². The monoisotopic (exact) mass is 366 g/mol. The minimum absolute atomic E-state index is 0.0421. The molecule has 0 amide bonds. The van der Waals surface area contributed by atoms with E-state index < -0.39 is 0 Å². The Kier molecular flexibility index (Phi) is 13.2. The second kappa shape index (κ2) is 14.3. The van der Waals surface area contributed by atoms with E-state index >= 15 is 0 Å². The van der Waals surface area contributed by atoms with Crippen LogP contribution < -0.4 is 10.6 Å². The second-order valence-corrected chi connectivity index (χ2v) is 11.8. The van der Waals surface area contributed by atoms with Crippen molar-refractivity contribution in [3.63, 3.8) is 0 Å². The molecule has 0 saturated heterocycles. The molecule has 24 heavy (non-hydrogen) atoms. The smallest absolute Gasteiger partial charge is 0.0167 e. The van der Waals surface area contributed by atoms with Crippen LogP contribution in [0, 0.1) is 0 Å². The van der Waals surface area contributed by atoms with Gasteiger partial charge >= 0.3 is 0 Å². The Morgan fingerprint density at radius 3 is 1.33 bits per heavy atom. The minimum Gasteiger partial charge on any atom is -0.0778 e. The van der Waals surface area contributed by atoms with Crippen molar-refractivity contribution in [2.75, 3.05) is 25.7 Å². The molecule has 2 unspecified atom stereocenters. The van der Waals surface area contributed by atoms with Crippen LogP contribution in [0.3, 0.4) is 0 Å². The van der Waals surface area contributed by atoms with Crippen LogP contribution in [0.25, 0.3) is 0 Å². The summed E-state index contributed by atoms with van der Waals surface area (Å²) in [5.41, 5.74) is 0. The first-order valence-corrected chi connectivity index (χ1v) is 14.2. The predicted molar refractivity (Wildman–Crippen MR) is 119 cm³/mol. The fourth-order valence-electron chi connectivity index (χ4n) is 3.26. The van der Waals surface area contributed by atoms with Crippen LogP contribution in [-0.2, 0) is 0 Å². The normalized spacial score (nSPS) is 13.8. The summed E-state index contributed by atoms with van der Waals surface area (Å²) in [5, 5.41) is 3.43. The molecule has 1 aromatic rings. The highest BCUT2D eigenvalue weighted by molar-refractivity contribution is 7.71. The highest BCUT2D eigenvalue weighted by atomic mass is 31.1. The molecule has 0 bridgehead atoms. The zero-order valence-corrected chi connectivity index (χ0v) is 18.5. The molecule has 0 aliphatic heterocycles. The second-order valence-electron chi connectivity index (χ2n) is 7.16. The molecule has 138 valence electrons. The Bertz CT molecular complexity index is 377. The van der Waals surface area contributed by atoms with Crippen molar-refractivity contribution >= 4 is 26.5 Å². The van der Waals surface area contributed by atoms with Crippen molar-refractivity contribution in [3.05, 3.63) is 24.3 Å². The van der Waals surface area contributed by atoms with Gasteiger partial charge in [0, 0.05) is 0 Å². The molecule has 0 heterocycles. The Morgan fingerprint density at radius 2 is 0.958 bits per heavy atom. The van der Waals surface area contributed by atoms with Gasteiger partial charge < -0.3 is 0 Å². The molecule has 0 fully saturated rings. The van der Waals surface area contributed by atoms with Gasteiger partial charge in [-0.1, -0.05) is 105 Å². The van der Waals surface area contributed by atoms with Gasteiger partial charge in [0.1, 0.15) is 0 Å². The molecule has 0 nitrogen and oxygen atoms in total. The van der Waals surface area contributed by atoms with E-state index in [0.29, 0.717) is 0 Å². The summed E-state index contributed by atoms with van der Waals surface area (Å²) in [4.78, 5) is 0. The van der Waals surface area contributed by atoms with Gasteiger partial charge in [0.05, 0.1) is 0 Å². The van der Waals surface area contributed by atoms with E-state index in [4.69, 9.17) is 0 Å². The highest BCUT2D eigenvalue weighted by Crippen LogP contribution is 2.37. The lowest BCUT2D eigenvalue weighted by molar-refractivity contribution is 0.658. The molecule has 0 N–H and O–H groups in total. The maximum Gasteiger partial charge on any atom is -0.0167 e. The van der Waals surface area contributed by atoms with Crippen LogP contribution in [0.15, 0.2) is 24.3 Å². The molecule has 0 aromatic heterocycles. The molecule has 0 radical (unpaired) electrons. The van der Waals surface area contributed by atoms with Gasteiger partial charge in [-0.3, -0.25) is 0 Å². The number of hydrogen-bond donors (Lipinski definition) is 0. The summed E-state index contributed by atoms with van der Waals surface area (Å²) >= 11 is 0. The summed E-state index contributed by atoms with van der Waals surface area (Å²) in [7, 11) is 0.0841. The van der Waals surface area contributed by atoms with Crippen LogP contribution in [0.2, 0.25) is 0 Å². The lowest BCUT2D eigenvalue weighted by Crippen LogP contribution is -2.22. The molecule has 0 spiro atoms. The number of hydrogen-bond acceptors (Lipinski definition) is 0. The van der Waals surface area contributed by atoms with Gasteiger partial charge in [0.25, 0.3) is 0 Å². The highest BCUT2D eigenvalue weighted by Gasteiger charge is 2.14. The third-order valence-corrected chi connectivity index (χ3v) is 9.47. The molecule has 2 atom stereocenters. The largest absolute Gasteiger partial charge is 0.0778 e. The van der Waals surface area contributed by atoms with Gasteiger partial charge in [-0.15, -0.1) is 0 Å². The third kappa shape index (κ3) is 8.97. The van der Waals surface area contributed by atoms with Crippen LogP contribution in [0.1, 0.15) is 78.1 Å². The Labute approximate surface area is 154 Å². The van der Waals surface area contributed by atoms with Crippen molar-refractivity contribution in [3.8, 4) is 0 Å². The van der Waals surface area contributed by atoms with Gasteiger partial charge in [0.15, 0.2) is 0 Å². The Balaban J connectivity index is 2.47. The van der Waals surface area contributed by atoms with Crippen LogP contribution in [0.4, 0.5) is 0 Å². The topological polar surface area (TPSA) is 0 Å². The van der Waals surface area contributed by atoms with E-state index in [1.165, 1.54) is 76.5 Å². The molecule has 1 aromatic carbocycles. The molecule has 1 rings (SSSR count). The first kappa shape index (κ1) is 22.1. The van der Waals surface area contributed by atoms with Crippen molar-refractivity contribution in [1.82, 2.24) is 0 Å². The van der Waals surface area contributed by atoms with E-state index in [-0.39, 0.29) is 15.8 Å². The van der Waals surface area contributed by atoms with Crippen molar-refractivity contribution in [2.45, 2.75) is 78.1 Å². The Morgan fingerprint density at radius 1 is 0.583 bits per heavy atom. The van der Waals surface area contributed by atoms with E-state index in [0.717, 1.165) is 0 Å². The fraction of sp³-hybridized carbons (Fsp3) is 0.727. The zero-order valence-electron chi connectivity index (χ0n) is 16.7. The number of rotatable bonds is 14. The summed E-state index contributed by atoms with van der Waals surface area (Å²) in [6.07, 6.45) is 17.0. The van der Waals surface area contributed by atoms with E-state index in [2.05, 4.69) is 51.4 Å². The molecular weight excluding hydrogens is 326 g/mol. The maximum atomic E-state index is 2.51. The van der Waals surface area contributed by atoms with Gasteiger partial charge in [-0.25, -0.2) is 0 Å². The average Bonchev–Trinajstić information content (AvgIpc) is 2.61. The maximum absolute atomic E-state index is 2.51. The van der Waals surface area contributed by atoms with Gasteiger partial charge in [-0.05, 0) is 49.1 Å². The molecule has 0 saturated carbocycles. The first-order valence-electron chi connectivity index (χ1n) is 10.2. The SMILES string of the molecule is CCCCCCCP(C)c1ccccc1P(C)CCCCCCC. The van der Waals surface area contributed by atoms with Crippen molar-refractivity contribution < 1.29 is 0 Å². The quantitative estimate of drug-likeness (QED) is 0.243. The summed E-state index contributed by atoms with van der Waals surface area (Å²) < 4.78 is 0. The lowest BCUT2D eigenvalue weighted by atomic mass is 10.2. The molecule has 2 heteroatoms. The standard InChI is InChI=1S/C22H40P2/c1-5-7-9-11-15-19-23(3)21-17-13-14-18-22(21)24(4)20-16-12-10-8-6-2/h13-14,17-18H,5-12,15-16,19-20H2,1-4H3. The summed E-state index contributed by atoms with van der Waals surface area (Å²) in [6, 6.07) is 9.39. The number of benzene rings is 1. The predicted octanol–water partition coefficient (Wildman–Crippen LogP) is 7.10. The Hall–Kier alpha value is 0.0800. The van der Waals surface area contributed by atoms with E-state index in [1.807, 2.05) is 0 Å². The van der Waals surface area contributed by atoms with E-state index in [9.17, 15) is 0 Å². The van der Waals surface area contributed by atoms with Gasteiger partial charge in [-0.2, -0.15) is 0 Å². The van der Waals surface area contributed by atoms with Crippen LogP contribution >= 0.6 is 15.8 Å². The van der Waals surface area contributed by atoms with Crippen LogP contribution in [0.5, 0.6) is 0 Å². The van der Waals surface area contributed by atoms with E-state index in [1.54, 1.807) is 10.6 Å².